The minimum Gasteiger partial charge on any atom is -0.341 e. The number of carbonyl (C=O) groups is 1. The van der Waals surface area contributed by atoms with Crippen LogP contribution in [0.2, 0.25) is 0 Å². The first-order valence-electron chi connectivity index (χ1n) is 6.00. The van der Waals surface area contributed by atoms with Crippen LogP contribution in [0.25, 0.3) is 0 Å². The Morgan fingerprint density at radius 1 is 1.48 bits per heavy atom. The molecule has 0 saturated heterocycles. The SMILES string of the molecule is CN(CC1CC1)C(=O)c1c(F)cc(Br)c(S(=O)(=O)Cl)c1F. The quantitative estimate of drug-likeness (QED) is 0.727. The summed E-state index contributed by atoms with van der Waals surface area (Å²) < 4.78 is 50.5. The van der Waals surface area contributed by atoms with Crippen LogP contribution in [0.3, 0.4) is 0 Å². The summed E-state index contributed by atoms with van der Waals surface area (Å²) in [7, 11) is 2.08. The molecule has 0 aliphatic heterocycles. The second-order valence-corrected chi connectivity index (χ2v) is 8.28. The minimum absolute atomic E-state index is 0.330. The average Bonchev–Trinajstić information content (AvgIpc) is 3.09. The van der Waals surface area contributed by atoms with Gasteiger partial charge in [-0.3, -0.25) is 4.79 Å². The zero-order valence-electron chi connectivity index (χ0n) is 10.9. The maximum atomic E-state index is 14.3. The van der Waals surface area contributed by atoms with Crippen LogP contribution in [0.15, 0.2) is 15.4 Å². The van der Waals surface area contributed by atoms with E-state index in [-0.39, 0.29) is 4.47 Å². The van der Waals surface area contributed by atoms with E-state index in [1.807, 2.05) is 0 Å². The molecule has 0 heterocycles. The fourth-order valence-corrected chi connectivity index (χ4v) is 4.31. The lowest BCUT2D eigenvalue weighted by molar-refractivity contribution is 0.0778. The Morgan fingerprint density at radius 3 is 2.52 bits per heavy atom. The van der Waals surface area contributed by atoms with Crippen molar-refractivity contribution in [2.75, 3.05) is 13.6 Å². The molecule has 1 amide bonds. The molecule has 1 aliphatic rings. The van der Waals surface area contributed by atoms with Crippen molar-refractivity contribution in [1.29, 1.82) is 0 Å². The first-order chi connectivity index (χ1) is 9.62. The number of rotatable bonds is 4. The van der Waals surface area contributed by atoms with Gasteiger partial charge < -0.3 is 4.90 Å². The monoisotopic (exact) mass is 401 g/mol. The number of amides is 1. The Labute approximate surface area is 133 Å². The summed E-state index contributed by atoms with van der Waals surface area (Å²) in [5.41, 5.74) is -0.916. The second-order valence-electron chi connectivity index (χ2n) is 4.93. The Hall–Kier alpha value is -0.730. The van der Waals surface area contributed by atoms with Crippen LogP contribution in [0.1, 0.15) is 23.2 Å². The molecule has 0 unspecified atom stereocenters. The fraction of sp³-hybridized carbons (Fsp3) is 0.417. The van der Waals surface area contributed by atoms with Gasteiger partial charge in [0.15, 0.2) is 5.82 Å². The molecule has 0 bridgehead atoms. The highest BCUT2D eigenvalue weighted by Gasteiger charge is 2.32. The normalized spacial score (nSPS) is 15.1. The van der Waals surface area contributed by atoms with Crippen LogP contribution < -0.4 is 0 Å². The Kier molecular flexibility index (Phi) is 4.60. The molecule has 1 aliphatic carbocycles. The Bertz CT molecular complexity index is 707. The number of carbonyl (C=O) groups excluding carboxylic acids is 1. The van der Waals surface area contributed by atoms with Crippen molar-refractivity contribution >= 4 is 41.6 Å². The van der Waals surface area contributed by atoms with Crippen LogP contribution in [0.5, 0.6) is 0 Å². The van der Waals surface area contributed by atoms with E-state index in [0.717, 1.165) is 18.9 Å². The molecule has 0 atom stereocenters. The molecule has 1 aromatic carbocycles. The highest BCUT2D eigenvalue weighted by molar-refractivity contribution is 9.10. The molecule has 0 spiro atoms. The molecule has 2 rings (SSSR count). The van der Waals surface area contributed by atoms with Crippen molar-refractivity contribution in [1.82, 2.24) is 4.90 Å². The number of nitrogens with zero attached hydrogens (tertiary/aromatic N) is 1. The van der Waals surface area contributed by atoms with Gasteiger partial charge in [0, 0.05) is 28.7 Å². The van der Waals surface area contributed by atoms with Gasteiger partial charge in [-0.2, -0.15) is 0 Å². The summed E-state index contributed by atoms with van der Waals surface area (Å²) in [6.07, 6.45) is 1.93. The zero-order valence-corrected chi connectivity index (χ0v) is 14.0. The topological polar surface area (TPSA) is 54.5 Å². The summed E-state index contributed by atoms with van der Waals surface area (Å²) in [6, 6.07) is 0.719. The van der Waals surface area contributed by atoms with Crippen LogP contribution in [0.4, 0.5) is 8.78 Å². The van der Waals surface area contributed by atoms with Gasteiger partial charge in [0.1, 0.15) is 16.3 Å². The maximum Gasteiger partial charge on any atom is 0.265 e. The summed E-state index contributed by atoms with van der Waals surface area (Å²) in [5, 5.41) is 0. The van der Waals surface area contributed by atoms with Crippen LogP contribution in [0, 0.1) is 17.6 Å². The molecular weight excluding hydrogens is 392 g/mol. The van der Waals surface area contributed by atoms with Crippen LogP contribution in [-0.4, -0.2) is 32.8 Å². The molecule has 0 aromatic heterocycles. The molecule has 9 heteroatoms. The number of hydrogen-bond acceptors (Lipinski definition) is 3. The third kappa shape index (κ3) is 3.54. The number of hydrogen-bond donors (Lipinski definition) is 0. The molecule has 1 saturated carbocycles. The first-order valence-corrected chi connectivity index (χ1v) is 9.10. The maximum absolute atomic E-state index is 14.3. The molecular formula is C12H11BrClF2NO3S. The largest absolute Gasteiger partial charge is 0.341 e. The second kappa shape index (κ2) is 5.81. The molecule has 21 heavy (non-hydrogen) atoms. The first kappa shape index (κ1) is 16.6. The predicted octanol–water partition coefficient (Wildman–Crippen LogP) is 3.14. The number of benzene rings is 1. The lowest BCUT2D eigenvalue weighted by atomic mass is 10.1. The highest BCUT2D eigenvalue weighted by Crippen LogP contribution is 2.33. The van der Waals surface area contributed by atoms with Crippen LogP contribution >= 0.6 is 26.6 Å². The highest BCUT2D eigenvalue weighted by atomic mass is 79.9. The van der Waals surface area contributed by atoms with E-state index in [4.69, 9.17) is 10.7 Å². The summed E-state index contributed by atoms with van der Waals surface area (Å²) in [4.78, 5) is 12.4. The van der Waals surface area contributed by atoms with Crippen LogP contribution in [-0.2, 0) is 9.05 Å². The van der Waals surface area contributed by atoms with Gasteiger partial charge in [-0.1, -0.05) is 0 Å². The standard InChI is InChI=1S/C12H11BrClF2NO3S/c1-17(5-6-2-3-6)12(18)9-8(15)4-7(13)11(10(9)16)21(14,19)20/h4,6H,2-3,5H2,1H3. The van der Waals surface area contributed by atoms with Gasteiger partial charge in [-0.05, 0) is 40.8 Å². The van der Waals surface area contributed by atoms with E-state index in [1.165, 1.54) is 11.9 Å². The summed E-state index contributed by atoms with van der Waals surface area (Å²) >= 11 is 2.74. The van der Waals surface area contributed by atoms with Gasteiger partial charge in [0.05, 0.1) is 0 Å². The molecule has 116 valence electrons. The third-order valence-electron chi connectivity index (χ3n) is 3.16. The smallest absolute Gasteiger partial charge is 0.265 e. The van der Waals surface area contributed by atoms with E-state index in [0.29, 0.717) is 12.5 Å². The fourth-order valence-electron chi connectivity index (χ4n) is 1.95. The van der Waals surface area contributed by atoms with E-state index in [9.17, 15) is 22.0 Å². The lowest BCUT2D eigenvalue weighted by Gasteiger charge is -2.18. The van der Waals surface area contributed by atoms with E-state index in [1.54, 1.807) is 0 Å². The minimum atomic E-state index is -4.46. The van der Waals surface area contributed by atoms with Crippen molar-refractivity contribution in [3.63, 3.8) is 0 Å². The van der Waals surface area contributed by atoms with Gasteiger partial charge in [-0.15, -0.1) is 0 Å². The lowest BCUT2D eigenvalue weighted by Crippen LogP contribution is -2.30. The molecule has 4 nitrogen and oxygen atoms in total. The zero-order chi connectivity index (χ0) is 15.9. The van der Waals surface area contributed by atoms with E-state index in [2.05, 4.69) is 15.9 Å². The van der Waals surface area contributed by atoms with Gasteiger partial charge >= 0.3 is 0 Å². The molecule has 0 N–H and O–H groups in total. The molecule has 0 radical (unpaired) electrons. The molecule has 1 fully saturated rings. The van der Waals surface area contributed by atoms with E-state index >= 15 is 0 Å². The summed E-state index contributed by atoms with van der Waals surface area (Å²) in [6.45, 7) is 0.372. The van der Waals surface area contributed by atoms with Crippen molar-refractivity contribution in [3.05, 3.63) is 27.7 Å². The van der Waals surface area contributed by atoms with Crippen molar-refractivity contribution in [3.8, 4) is 0 Å². The number of halogens is 4. The van der Waals surface area contributed by atoms with Gasteiger partial charge in [0.2, 0.25) is 0 Å². The Balaban J connectivity index is 2.50. The Morgan fingerprint density at radius 2 is 2.05 bits per heavy atom. The van der Waals surface area contributed by atoms with Crippen molar-refractivity contribution in [2.24, 2.45) is 5.92 Å². The summed E-state index contributed by atoms with van der Waals surface area (Å²) in [5.74, 6) is -3.21. The predicted molar refractivity (Wildman–Crippen MR) is 76.8 cm³/mol. The van der Waals surface area contributed by atoms with Crippen molar-refractivity contribution in [2.45, 2.75) is 17.7 Å². The molecule has 1 aromatic rings. The average molecular weight is 403 g/mol. The van der Waals surface area contributed by atoms with Gasteiger partial charge in [0.25, 0.3) is 15.0 Å². The van der Waals surface area contributed by atoms with E-state index < -0.39 is 37.1 Å². The van der Waals surface area contributed by atoms with Gasteiger partial charge in [-0.25, -0.2) is 17.2 Å². The third-order valence-corrected chi connectivity index (χ3v) is 5.40. The van der Waals surface area contributed by atoms with Crippen molar-refractivity contribution < 1.29 is 22.0 Å².